The molecule has 0 radical (unpaired) electrons. The molecule has 2 heteroatoms. The van der Waals surface area contributed by atoms with Crippen LogP contribution in [0.4, 0.5) is 0 Å². The molecule has 0 saturated carbocycles. The maximum absolute atomic E-state index is 9.37. The third-order valence-corrected chi connectivity index (χ3v) is 2.86. The van der Waals surface area contributed by atoms with Crippen molar-refractivity contribution in [1.29, 1.82) is 0 Å². The normalized spacial score (nSPS) is 12.6. The minimum absolute atomic E-state index is 0.159. The lowest BCUT2D eigenvalue weighted by Crippen LogP contribution is -2.28. The maximum Gasteiger partial charge on any atom is 0.115 e. The molecule has 0 amide bonds. The summed E-state index contributed by atoms with van der Waals surface area (Å²) in [5.41, 5.74) is 2.39. The van der Waals surface area contributed by atoms with Crippen molar-refractivity contribution >= 4 is 0 Å². The van der Waals surface area contributed by atoms with Gasteiger partial charge in [-0.25, -0.2) is 0 Å². The Labute approximate surface area is 108 Å². The highest BCUT2D eigenvalue weighted by molar-refractivity contribution is 5.35. The predicted octanol–water partition coefficient (Wildman–Crippen LogP) is 3.48. The second kappa shape index (κ2) is 5.69. The number of hydrogen-bond donors (Lipinski definition) is 2. The Kier molecular flexibility index (Phi) is 4.00. The van der Waals surface area contributed by atoms with Crippen molar-refractivity contribution in [2.75, 3.05) is 0 Å². The molecule has 0 heterocycles. The highest BCUT2D eigenvalue weighted by atomic mass is 16.3. The molecule has 0 aliphatic rings. The van der Waals surface area contributed by atoms with E-state index in [-0.39, 0.29) is 6.04 Å². The number of rotatable bonds is 4. The summed E-state index contributed by atoms with van der Waals surface area (Å²) < 4.78 is 0. The standard InChI is InChI=1S/C16H19NO/c1-12(2)17-16(13-6-4-3-5-7-13)14-8-10-15(18)11-9-14/h3-12,16-18H,1-2H3. The molecule has 0 fully saturated rings. The van der Waals surface area contributed by atoms with Gasteiger partial charge in [-0.3, -0.25) is 0 Å². The lowest BCUT2D eigenvalue weighted by Gasteiger charge is -2.22. The van der Waals surface area contributed by atoms with Crippen LogP contribution in [0.25, 0.3) is 0 Å². The second-order valence-electron chi connectivity index (χ2n) is 4.76. The molecule has 0 aliphatic carbocycles. The van der Waals surface area contributed by atoms with Gasteiger partial charge in [0.05, 0.1) is 6.04 Å². The van der Waals surface area contributed by atoms with Gasteiger partial charge in [0.2, 0.25) is 0 Å². The minimum Gasteiger partial charge on any atom is -0.508 e. The van der Waals surface area contributed by atoms with Crippen LogP contribution >= 0.6 is 0 Å². The molecular formula is C16H19NO. The molecule has 1 unspecified atom stereocenters. The molecule has 2 nitrogen and oxygen atoms in total. The van der Waals surface area contributed by atoms with Gasteiger partial charge in [0.25, 0.3) is 0 Å². The number of benzene rings is 2. The summed E-state index contributed by atoms with van der Waals surface area (Å²) in [5, 5.41) is 12.9. The predicted molar refractivity (Wildman–Crippen MR) is 74.7 cm³/mol. The first-order valence-corrected chi connectivity index (χ1v) is 6.27. The van der Waals surface area contributed by atoms with Gasteiger partial charge < -0.3 is 10.4 Å². The van der Waals surface area contributed by atoms with Gasteiger partial charge in [0.15, 0.2) is 0 Å². The zero-order chi connectivity index (χ0) is 13.0. The first kappa shape index (κ1) is 12.7. The zero-order valence-electron chi connectivity index (χ0n) is 10.8. The Bertz CT molecular complexity index is 476. The fourth-order valence-corrected chi connectivity index (χ4v) is 2.03. The van der Waals surface area contributed by atoms with Crippen LogP contribution in [0.5, 0.6) is 5.75 Å². The van der Waals surface area contributed by atoms with Crippen molar-refractivity contribution in [2.45, 2.75) is 25.9 Å². The van der Waals surface area contributed by atoms with E-state index in [2.05, 4.69) is 31.3 Å². The molecule has 1 atom stereocenters. The molecular weight excluding hydrogens is 222 g/mol. The van der Waals surface area contributed by atoms with Gasteiger partial charge in [0.1, 0.15) is 5.75 Å². The van der Waals surface area contributed by atoms with Crippen LogP contribution in [0.1, 0.15) is 31.0 Å². The quantitative estimate of drug-likeness (QED) is 0.859. The van der Waals surface area contributed by atoms with E-state index in [0.29, 0.717) is 11.8 Å². The lowest BCUT2D eigenvalue weighted by molar-refractivity contribution is 0.474. The fraction of sp³-hybridized carbons (Fsp3) is 0.250. The number of phenolic OH excluding ortho intramolecular Hbond substituents is 1. The topological polar surface area (TPSA) is 32.3 Å². The van der Waals surface area contributed by atoms with Crippen LogP contribution < -0.4 is 5.32 Å². The van der Waals surface area contributed by atoms with Gasteiger partial charge >= 0.3 is 0 Å². The van der Waals surface area contributed by atoms with E-state index in [1.165, 1.54) is 5.56 Å². The van der Waals surface area contributed by atoms with Crippen LogP contribution in [0.15, 0.2) is 54.6 Å². The van der Waals surface area contributed by atoms with Gasteiger partial charge in [-0.1, -0.05) is 42.5 Å². The smallest absolute Gasteiger partial charge is 0.115 e. The third-order valence-electron chi connectivity index (χ3n) is 2.86. The number of phenols is 1. The van der Waals surface area contributed by atoms with Crippen molar-refractivity contribution in [3.63, 3.8) is 0 Å². The molecule has 2 aromatic carbocycles. The summed E-state index contributed by atoms with van der Waals surface area (Å²) in [5.74, 6) is 0.301. The summed E-state index contributed by atoms with van der Waals surface area (Å²) in [4.78, 5) is 0. The molecule has 2 rings (SSSR count). The molecule has 2 aromatic rings. The van der Waals surface area contributed by atoms with Crippen LogP contribution in [-0.4, -0.2) is 11.1 Å². The highest BCUT2D eigenvalue weighted by Gasteiger charge is 2.14. The van der Waals surface area contributed by atoms with E-state index >= 15 is 0 Å². The largest absolute Gasteiger partial charge is 0.508 e. The van der Waals surface area contributed by atoms with Gasteiger partial charge in [0, 0.05) is 6.04 Å². The molecule has 0 spiro atoms. The van der Waals surface area contributed by atoms with E-state index in [9.17, 15) is 5.11 Å². The van der Waals surface area contributed by atoms with E-state index in [4.69, 9.17) is 0 Å². The SMILES string of the molecule is CC(C)NC(c1ccccc1)c1ccc(O)cc1. The molecule has 0 saturated heterocycles. The van der Waals surface area contributed by atoms with Crippen LogP contribution in [0, 0.1) is 0 Å². The summed E-state index contributed by atoms with van der Waals surface area (Å²) in [7, 11) is 0. The summed E-state index contributed by atoms with van der Waals surface area (Å²) >= 11 is 0. The molecule has 18 heavy (non-hydrogen) atoms. The summed E-state index contributed by atoms with van der Waals surface area (Å²) in [6.45, 7) is 4.27. The Morgan fingerprint density at radius 1 is 0.833 bits per heavy atom. The minimum atomic E-state index is 0.159. The van der Waals surface area contributed by atoms with E-state index in [1.54, 1.807) is 12.1 Å². The Morgan fingerprint density at radius 3 is 1.94 bits per heavy atom. The third kappa shape index (κ3) is 3.11. The van der Waals surface area contributed by atoms with Crippen molar-refractivity contribution in [3.05, 3.63) is 65.7 Å². The van der Waals surface area contributed by atoms with Gasteiger partial charge in [-0.2, -0.15) is 0 Å². The Morgan fingerprint density at radius 2 is 1.39 bits per heavy atom. The number of aromatic hydroxyl groups is 1. The molecule has 0 bridgehead atoms. The van der Waals surface area contributed by atoms with Crippen LogP contribution in [-0.2, 0) is 0 Å². The van der Waals surface area contributed by atoms with Gasteiger partial charge in [-0.05, 0) is 37.1 Å². The maximum atomic E-state index is 9.37. The first-order chi connectivity index (χ1) is 8.66. The number of hydrogen-bond acceptors (Lipinski definition) is 2. The lowest BCUT2D eigenvalue weighted by atomic mass is 9.98. The van der Waals surface area contributed by atoms with Crippen molar-refractivity contribution in [2.24, 2.45) is 0 Å². The monoisotopic (exact) mass is 241 g/mol. The van der Waals surface area contributed by atoms with Crippen molar-refractivity contribution in [1.82, 2.24) is 5.32 Å². The molecule has 0 aromatic heterocycles. The average Bonchev–Trinajstić information content (AvgIpc) is 2.38. The molecule has 94 valence electrons. The molecule has 0 aliphatic heterocycles. The Balaban J connectivity index is 2.33. The van der Waals surface area contributed by atoms with Crippen LogP contribution in [0.2, 0.25) is 0 Å². The summed E-state index contributed by atoms with van der Waals surface area (Å²) in [6.07, 6.45) is 0. The average molecular weight is 241 g/mol. The zero-order valence-corrected chi connectivity index (χ0v) is 10.8. The summed E-state index contributed by atoms with van der Waals surface area (Å²) in [6, 6.07) is 18.3. The van der Waals surface area contributed by atoms with E-state index in [0.717, 1.165) is 5.56 Å². The second-order valence-corrected chi connectivity index (χ2v) is 4.76. The van der Waals surface area contributed by atoms with Gasteiger partial charge in [-0.15, -0.1) is 0 Å². The van der Waals surface area contributed by atoms with Crippen molar-refractivity contribution in [3.8, 4) is 5.75 Å². The number of nitrogens with one attached hydrogen (secondary N) is 1. The van der Waals surface area contributed by atoms with E-state index in [1.807, 2.05) is 30.3 Å². The first-order valence-electron chi connectivity index (χ1n) is 6.27. The molecule has 2 N–H and O–H groups in total. The highest BCUT2D eigenvalue weighted by Crippen LogP contribution is 2.24. The van der Waals surface area contributed by atoms with E-state index < -0.39 is 0 Å². The van der Waals surface area contributed by atoms with Crippen LogP contribution in [0.3, 0.4) is 0 Å². The Hall–Kier alpha value is -1.80. The van der Waals surface area contributed by atoms with Crippen molar-refractivity contribution < 1.29 is 5.11 Å². The fourth-order valence-electron chi connectivity index (χ4n) is 2.03.